The lowest BCUT2D eigenvalue weighted by atomic mass is 9.96. The monoisotopic (exact) mass is 467 g/mol. The van der Waals surface area contributed by atoms with Crippen LogP contribution in [0.1, 0.15) is 34.3 Å². The minimum absolute atomic E-state index is 0.0400. The summed E-state index contributed by atoms with van der Waals surface area (Å²) in [5.41, 5.74) is 4.34. The van der Waals surface area contributed by atoms with Gasteiger partial charge in [0.2, 0.25) is 5.91 Å². The second-order valence-corrected chi connectivity index (χ2v) is 9.12. The van der Waals surface area contributed by atoms with Crippen molar-refractivity contribution in [2.45, 2.75) is 26.7 Å². The van der Waals surface area contributed by atoms with Gasteiger partial charge in [-0.05, 0) is 68.1 Å². The van der Waals surface area contributed by atoms with Gasteiger partial charge in [0.1, 0.15) is 5.56 Å². The van der Waals surface area contributed by atoms with Crippen LogP contribution in [0, 0.1) is 19.8 Å². The molecule has 1 fully saturated rings. The number of piperidine rings is 1. The number of likely N-dealkylation sites (tertiary alicyclic amines) is 1. The van der Waals surface area contributed by atoms with E-state index in [1.807, 2.05) is 91.5 Å². The minimum atomic E-state index is -0.258. The largest absolute Gasteiger partial charge is 0.338 e. The molecule has 1 aliphatic rings. The number of nitrogens with one attached hydrogen (secondary N) is 1. The van der Waals surface area contributed by atoms with E-state index in [4.69, 9.17) is 0 Å². The Hall–Kier alpha value is -4.13. The Labute approximate surface area is 205 Å². The first-order chi connectivity index (χ1) is 17.0. The number of hydrogen-bond donors (Lipinski definition) is 1. The number of anilines is 1. The molecule has 0 aliphatic carbocycles. The zero-order chi connectivity index (χ0) is 24.4. The van der Waals surface area contributed by atoms with Crippen LogP contribution >= 0.6 is 0 Å². The number of carbonyl (C=O) groups excluding carboxylic acids is 2. The van der Waals surface area contributed by atoms with Crippen LogP contribution in [-0.2, 0) is 4.79 Å². The summed E-state index contributed by atoms with van der Waals surface area (Å²) < 4.78 is 3.68. The fourth-order valence-corrected chi connectivity index (χ4v) is 4.63. The van der Waals surface area contributed by atoms with Gasteiger partial charge in [0, 0.05) is 31.2 Å². The summed E-state index contributed by atoms with van der Waals surface area (Å²) >= 11 is 0. The maximum absolute atomic E-state index is 13.7. The van der Waals surface area contributed by atoms with Gasteiger partial charge < -0.3 is 14.8 Å². The van der Waals surface area contributed by atoms with Crippen LogP contribution in [0.15, 0.2) is 79.3 Å². The van der Waals surface area contributed by atoms with Crippen LogP contribution in [0.2, 0.25) is 0 Å². The Balaban J connectivity index is 1.39. The topological polar surface area (TPSA) is 72.2 Å². The van der Waals surface area contributed by atoms with E-state index in [1.165, 1.54) is 0 Å². The van der Waals surface area contributed by atoms with Crippen molar-refractivity contribution in [3.63, 3.8) is 0 Å². The van der Waals surface area contributed by atoms with E-state index >= 15 is 0 Å². The summed E-state index contributed by atoms with van der Waals surface area (Å²) in [5, 5.41) is 7.64. The fourth-order valence-electron chi connectivity index (χ4n) is 4.63. The fraction of sp³-hybridized carbons (Fsp3) is 0.250. The molecule has 2 amide bonds. The minimum Gasteiger partial charge on any atom is -0.338 e. The van der Waals surface area contributed by atoms with Gasteiger partial charge >= 0.3 is 0 Å². The van der Waals surface area contributed by atoms with E-state index in [0.29, 0.717) is 24.5 Å². The van der Waals surface area contributed by atoms with Crippen molar-refractivity contribution >= 4 is 17.5 Å². The van der Waals surface area contributed by atoms with Crippen molar-refractivity contribution in [2.24, 2.45) is 5.92 Å². The van der Waals surface area contributed by atoms with Gasteiger partial charge in [-0.1, -0.05) is 30.3 Å². The predicted molar refractivity (Wildman–Crippen MR) is 136 cm³/mol. The Morgan fingerprint density at radius 3 is 2.54 bits per heavy atom. The number of para-hydroxylation sites is 1. The highest BCUT2D eigenvalue weighted by Gasteiger charge is 2.31. The molecule has 7 nitrogen and oxygen atoms in total. The normalized spacial score (nSPS) is 15.7. The van der Waals surface area contributed by atoms with E-state index in [9.17, 15) is 9.59 Å². The standard InChI is InChI=1S/C28H29N5O2/c1-20-12-13-21(2)25(17-20)30-26(34)22-9-8-16-32(19-22)28(35)24-18-29-33(23-10-4-3-5-11-23)27(24)31-14-6-7-15-31/h3-7,10-15,17-18,22H,8-9,16,19H2,1-2H3,(H,30,34)/t22-/m0/s1. The van der Waals surface area contributed by atoms with Crippen molar-refractivity contribution in [3.8, 4) is 11.5 Å². The van der Waals surface area contributed by atoms with Crippen LogP contribution in [0.5, 0.6) is 0 Å². The summed E-state index contributed by atoms with van der Waals surface area (Å²) in [6.45, 7) is 5.00. The van der Waals surface area contributed by atoms with Gasteiger partial charge in [-0.15, -0.1) is 0 Å². The molecule has 0 unspecified atom stereocenters. The molecule has 2 aromatic heterocycles. The molecule has 1 aliphatic heterocycles. The molecule has 0 radical (unpaired) electrons. The first kappa shape index (κ1) is 22.7. The molecular formula is C28H29N5O2. The average molecular weight is 468 g/mol. The van der Waals surface area contributed by atoms with Crippen LogP contribution in [0.4, 0.5) is 5.69 Å². The lowest BCUT2D eigenvalue weighted by Crippen LogP contribution is -2.44. The van der Waals surface area contributed by atoms with E-state index in [0.717, 1.165) is 35.3 Å². The number of rotatable bonds is 5. The molecule has 0 spiro atoms. The molecule has 5 rings (SSSR count). The van der Waals surface area contributed by atoms with Crippen molar-refractivity contribution in [3.05, 3.63) is 95.9 Å². The summed E-state index contributed by atoms with van der Waals surface area (Å²) in [5.74, 6) is 0.280. The molecule has 0 saturated carbocycles. The van der Waals surface area contributed by atoms with Crippen molar-refractivity contribution in [1.29, 1.82) is 0 Å². The number of aromatic nitrogens is 3. The molecule has 1 N–H and O–H groups in total. The molecule has 2 aromatic carbocycles. The lowest BCUT2D eigenvalue weighted by molar-refractivity contribution is -0.121. The van der Waals surface area contributed by atoms with E-state index < -0.39 is 0 Å². The Morgan fingerprint density at radius 2 is 1.77 bits per heavy atom. The zero-order valence-electron chi connectivity index (χ0n) is 20.0. The van der Waals surface area contributed by atoms with E-state index in [2.05, 4.69) is 10.4 Å². The summed E-state index contributed by atoms with van der Waals surface area (Å²) in [7, 11) is 0. The molecule has 1 atom stereocenters. The van der Waals surface area contributed by atoms with Crippen LogP contribution in [-0.4, -0.2) is 44.2 Å². The zero-order valence-corrected chi connectivity index (χ0v) is 20.0. The van der Waals surface area contributed by atoms with Crippen LogP contribution in [0.3, 0.4) is 0 Å². The Kier molecular flexibility index (Phi) is 6.23. The van der Waals surface area contributed by atoms with E-state index in [-0.39, 0.29) is 17.7 Å². The van der Waals surface area contributed by atoms with Gasteiger partial charge in [-0.25, -0.2) is 4.68 Å². The molecular weight excluding hydrogens is 438 g/mol. The smallest absolute Gasteiger partial charge is 0.259 e. The number of carbonyl (C=O) groups is 2. The first-order valence-electron chi connectivity index (χ1n) is 12.0. The summed E-state index contributed by atoms with van der Waals surface area (Å²) in [4.78, 5) is 28.6. The third kappa shape index (κ3) is 4.62. The number of hydrogen-bond acceptors (Lipinski definition) is 3. The molecule has 35 heavy (non-hydrogen) atoms. The average Bonchev–Trinajstić information content (AvgIpc) is 3.56. The highest BCUT2D eigenvalue weighted by Crippen LogP contribution is 2.25. The van der Waals surface area contributed by atoms with Crippen molar-refractivity contribution < 1.29 is 9.59 Å². The lowest BCUT2D eigenvalue weighted by Gasteiger charge is -2.32. The number of benzene rings is 2. The molecule has 4 aromatic rings. The predicted octanol–water partition coefficient (Wildman–Crippen LogP) is 4.77. The third-order valence-electron chi connectivity index (χ3n) is 6.55. The Morgan fingerprint density at radius 1 is 1.00 bits per heavy atom. The SMILES string of the molecule is Cc1ccc(C)c(NC(=O)[C@H]2CCCN(C(=O)c3cnn(-c4ccccc4)c3-n3cccc3)C2)c1. The molecule has 3 heterocycles. The van der Waals surface area contributed by atoms with Gasteiger partial charge in [0.25, 0.3) is 5.91 Å². The van der Waals surface area contributed by atoms with Gasteiger partial charge in [-0.2, -0.15) is 5.10 Å². The second kappa shape index (κ2) is 9.62. The number of amides is 2. The van der Waals surface area contributed by atoms with Crippen molar-refractivity contribution in [1.82, 2.24) is 19.2 Å². The first-order valence-corrected chi connectivity index (χ1v) is 12.0. The molecule has 178 valence electrons. The van der Waals surface area contributed by atoms with Gasteiger partial charge in [0.15, 0.2) is 5.82 Å². The summed E-state index contributed by atoms with van der Waals surface area (Å²) in [6, 6.07) is 19.6. The highest BCUT2D eigenvalue weighted by molar-refractivity contribution is 5.98. The number of nitrogens with zero attached hydrogens (tertiary/aromatic N) is 4. The van der Waals surface area contributed by atoms with Crippen molar-refractivity contribution in [2.75, 3.05) is 18.4 Å². The molecule has 1 saturated heterocycles. The molecule has 0 bridgehead atoms. The maximum Gasteiger partial charge on any atom is 0.259 e. The Bertz CT molecular complexity index is 1340. The highest BCUT2D eigenvalue weighted by atomic mass is 16.2. The summed E-state index contributed by atoms with van der Waals surface area (Å²) in [6.07, 6.45) is 6.98. The molecule has 7 heteroatoms. The second-order valence-electron chi connectivity index (χ2n) is 9.12. The number of aryl methyl sites for hydroxylation is 2. The van der Waals surface area contributed by atoms with Gasteiger partial charge in [-0.3, -0.25) is 9.59 Å². The van der Waals surface area contributed by atoms with Crippen LogP contribution in [0.25, 0.3) is 11.5 Å². The third-order valence-corrected chi connectivity index (χ3v) is 6.55. The van der Waals surface area contributed by atoms with Crippen LogP contribution < -0.4 is 5.32 Å². The maximum atomic E-state index is 13.7. The van der Waals surface area contributed by atoms with Gasteiger partial charge in [0.05, 0.1) is 17.8 Å². The van der Waals surface area contributed by atoms with E-state index in [1.54, 1.807) is 15.8 Å². The quantitative estimate of drug-likeness (QED) is 0.460.